The summed E-state index contributed by atoms with van der Waals surface area (Å²) in [6.07, 6.45) is 3.63. The number of hydrogen-bond acceptors (Lipinski definition) is 4. The van der Waals surface area contributed by atoms with Gasteiger partial charge < -0.3 is 5.32 Å². The lowest BCUT2D eigenvalue weighted by molar-refractivity contribution is 0.0956. The standard InChI is InChI=1S/C12H14N4OS/c1-3-14-11(17)9-5-4-6-10(7-9)16-12(18-2)15-8-13/h4-7H,3H2,1-2H3,(H,14,17)(H,15,16). The summed E-state index contributed by atoms with van der Waals surface area (Å²) in [5.41, 5.74) is 1.18. The number of aliphatic imine (C=N–C) groups is 1. The topological polar surface area (TPSA) is 77.3 Å². The minimum Gasteiger partial charge on any atom is -0.352 e. The highest BCUT2D eigenvalue weighted by molar-refractivity contribution is 8.13. The second kappa shape index (κ2) is 7.35. The first-order valence-corrected chi connectivity index (χ1v) is 6.59. The van der Waals surface area contributed by atoms with Gasteiger partial charge in [0.05, 0.1) is 5.69 Å². The number of amides is 1. The van der Waals surface area contributed by atoms with Crippen LogP contribution in [0.5, 0.6) is 0 Å². The number of rotatable bonds is 3. The van der Waals surface area contributed by atoms with Crippen molar-refractivity contribution >= 4 is 28.5 Å². The van der Waals surface area contributed by atoms with Crippen molar-refractivity contribution in [2.75, 3.05) is 12.8 Å². The van der Waals surface area contributed by atoms with Gasteiger partial charge >= 0.3 is 0 Å². The van der Waals surface area contributed by atoms with Gasteiger partial charge in [0.2, 0.25) is 0 Å². The van der Waals surface area contributed by atoms with E-state index in [1.165, 1.54) is 11.8 Å². The highest BCUT2D eigenvalue weighted by atomic mass is 32.2. The molecule has 2 N–H and O–H groups in total. The van der Waals surface area contributed by atoms with Gasteiger partial charge in [0.25, 0.3) is 5.91 Å². The molecule has 5 nitrogen and oxygen atoms in total. The van der Waals surface area contributed by atoms with Crippen molar-refractivity contribution < 1.29 is 4.79 Å². The molecule has 0 aliphatic rings. The Morgan fingerprint density at radius 1 is 1.56 bits per heavy atom. The molecule has 0 spiro atoms. The van der Waals surface area contributed by atoms with Gasteiger partial charge in [-0.05, 0) is 31.4 Å². The predicted octanol–water partition coefficient (Wildman–Crippen LogP) is 1.86. The van der Waals surface area contributed by atoms with Crippen LogP contribution in [0, 0.1) is 11.5 Å². The first kappa shape index (κ1) is 14.1. The largest absolute Gasteiger partial charge is 0.352 e. The molecule has 94 valence electrons. The maximum Gasteiger partial charge on any atom is 0.251 e. The number of nitrogens with zero attached hydrogens (tertiary/aromatic N) is 2. The van der Waals surface area contributed by atoms with E-state index >= 15 is 0 Å². The Morgan fingerprint density at radius 3 is 2.94 bits per heavy atom. The molecule has 0 fully saturated rings. The number of nitriles is 1. The number of carbonyl (C=O) groups excluding carboxylic acids is 1. The van der Waals surface area contributed by atoms with Crippen LogP contribution in [0.2, 0.25) is 0 Å². The molecular formula is C12H14N4OS. The average Bonchev–Trinajstić information content (AvgIpc) is 2.39. The molecule has 1 aromatic rings. The first-order valence-electron chi connectivity index (χ1n) is 5.37. The van der Waals surface area contributed by atoms with Crippen LogP contribution in [-0.4, -0.2) is 23.9 Å². The number of thioether (sulfide) groups is 1. The number of hydrogen-bond donors (Lipinski definition) is 2. The zero-order valence-corrected chi connectivity index (χ0v) is 11.0. The second-order valence-corrected chi connectivity index (χ2v) is 4.06. The van der Waals surface area contributed by atoms with Gasteiger partial charge in [0.15, 0.2) is 11.4 Å². The minimum atomic E-state index is -0.131. The van der Waals surface area contributed by atoms with Gasteiger partial charge in [-0.3, -0.25) is 10.1 Å². The Bertz CT molecular complexity index is 493. The van der Waals surface area contributed by atoms with Crippen molar-refractivity contribution in [2.45, 2.75) is 6.92 Å². The molecular weight excluding hydrogens is 248 g/mol. The second-order valence-electron chi connectivity index (χ2n) is 3.27. The molecule has 1 amide bonds. The highest BCUT2D eigenvalue weighted by Crippen LogP contribution is 2.15. The Morgan fingerprint density at radius 2 is 2.33 bits per heavy atom. The zero-order valence-electron chi connectivity index (χ0n) is 10.2. The monoisotopic (exact) mass is 262 g/mol. The molecule has 1 rings (SSSR count). The maximum atomic E-state index is 11.6. The molecule has 0 bridgehead atoms. The Hall–Kier alpha value is -2.00. The van der Waals surface area contributed by atoms with Crippen LogP contribution in [0.4, 0.5) is 5.69 Å². The summed E-state index contributed by atoms with van der Waals surface area (Å²) in [7, 11) is 0. The lowest BCUT2D eigenvalue weighted by Gasteiger charge is -2.04. The fourth-order valence-electron chi connectivity index (χ4n) is 1.27. The molecule has 1 aromatic carbocycles. The minimum absolute atomic E-state index is 0.131. The molecule has 0 saturated carbocycles. The Kier molecular flexibility index (Phi) is 5.74. The summed E-state index contributed by atoms with van der Waals surface area (Å²) in [5.74, 6) is -0.131. The van der Waals surface area contributed by atoms with E-state index in [2.05, 4.69) is 15.6 Å². The Balaban J connectivity index is 2.95. The number of amidine groups is 1. The van der Waals surface area contributed by atoms with Gasteiger partial charge in [-0.2, -0.15) is 5.26 Å². The van der Waals surface area contributed by atoms with E-state index in [1.807, 2.05) is 19.4 Å². The van der Waals surface area contributed by atoms with Crippen molar-refractivity contribution in [3.63, 3.8) is 0 Å². The predicted molar refractivity (Wildman–Crippen MR) is 73.8 cm³/mol. The fraction of sp³-hybridized carbons (Fsp3) is 0.250. The summed E-state index contributed by atoms with van der Waals surface area (Å²) < 4.78 is 0. The molecule has 6 heteroatoms. The summed E-state index contributed by atoms with van der Waals surface area (Å²) >= 11 is 1.33. The van der Waals surface area contributed by atoms with Crippen molar-refractivity contribution in [3.8, 4) is 6.19 Å². The first-order chi connectivity index (χ1) is 8.71. The van der Waals surface area contributed by atoms with Crippen molar-refractivity contribution in [1.82, 2.24) is 10.6 Å². The quantitative estimate of drug-likeness (QED) is 0.377. The van der Waals surface area contributed by atoms with Crippen molar-refractivity contribution in [2.24, 2.45) is 4.99 Å². The SMILES string of the molecule is CCNC(=O)c1cccc(N=C(NC#N)SC)c1. The lowest BCUT2D eigenvalue weighted by atomic mass is 10.2. The van der Waals surface area contributed by atoms with Crippen molar-refractivity contribution in [3.05, 3.63) is 29.8 Å². The zero-order chi connectivity index (χ0) is 13.4. The third kappa shape index (κ3) is 4.11. The van der Waals surface area contributed by atoms with Gasteiger partial charge in [0.1, 0.15) is 0 Å². The number of carbonyl (C=O) groups is 1. The van der Waals surface area contributed by atoms with E-state index < -0.39 is 0 Å². The van der Waals surface area contributed by atoms with Crippen LogP contribution < -0.4 is 10.6 Å². The van der Waals surface area contributed by atoms with Crippen LogP contribution in [-0.2, 0) is 0 Å². The molecule has 0 unspecified atom stereocenters. The Labute approximate surface area is 110 Å². The molecule has 0 aromatic heterocycles. The molecule has 18 heavy (non-hydrogen) atoms. The molecule has 0 aliphatic heterocycles. The summed E-state index contributed by atoms with van der Waals surface area (Å²) in [6, 6.07) is 6.94. The lowest BCUT2D eigenvalue weighted by Crippen LogP contribution is -2.22. The highest BCUT2D eigenvalue weighted by Gasteiger charge is 2.04. The molecule has 0 radical (unpaired) electrons. The van der Waals surface area contributed by atoms with E-state index in [0.717, 1.165) is 0 Å². The van der Waals surface area contributed by atoms with Crippen LogP contribution >= 0.6 is 11.8 Å². The van der Waals surface area contributed by atoms with Crippen LogP contribution in [0.15, 0.2) is 29.3 Å². The molecule has 0 atom stereocenters. The molecule has 0 saturated heterocycles. The number of nitrogens with one attached hydrogen (secondary N) is 2. The average molecular weight is 262 g/mol. The molecule has 0 aliphatic carbocycles. The number of benzene rings is 1. The molecule has 0 heterocycles. The van der Waals surface area contributed by atoms with Crippen molar-refractivity contribution in [1.29, 1.82) is 5.26 Å². The van der Waals surface area contributed by atoms with Gasteiger partial charge in [-0.15, -0.1) is 0 Å². The van der Waals surface area contributed by atoms with E-state index in [1.54, 1.807) is 24.3 Å². The fourth-order valence-corrected chi connectivity index (χ4v) is 1.61. The van der Waals surface area contributed by atoms with E-state index in [4.69, 9.17) is 5.26 Å². The third-order valence-electron chi connectivity index (χ3n) is 2.03. The van der Waals surface area contributed by atoms with Crippen LogP contribution in [0.3, 0.4) is 0 Å². The smallest absolute Gasteiger partial charge is 0.251 e. The van der Waals surface area contributed by atoms with Gasteiger partial charge in [-0.1, -0.05) is 17.8 Å². The maximum absolute atomic E-state index is 11.6. The van der Waals surface area contributed by atoms with E-state index in [-0.39, 0.29) is 5.91 Å². The summed E-state index contributed by atoms with van der Waals surface area (Å²) in [5, 5.41) is 14.2. The van der Waals surface area contributed by atoms with Gasteiger partial charge in [0, 0.05) is 12.1 Å². The van der Waals surface area contributed by atoms with E-state index in [9.17, 15) is 4.79 Å². The summed E-state index contributed by atoms with van der Waals surface area (Å²) in [4.78, 5) is 15.9. The van der Waals surface area contributed by atoms with Crippen LogP contribution in [0.25, 0.3) is 0 Å². The van der Waals surface area contributed by atoms with Crippen LogP contribution in [0.1, 0.15) is 17.3 Å². The van der Waals surface area contributed by atoms with E-state index in [0.29, 0.717) is 23.0 Å². The third-order valence-corrected chi connectivity index (χ3v) is 2.61. The summed E-state index contributed by atoms with van der Waals surface area (Å²) in [6.45, 7) is 2.45. The normalized spacial score (nSPS) is 10.6. The van der Waals surface area contributed by atoms with Gasteiger partial charge in [-0.25, -0.2) is 4.99 Å².